The number of hydrogen-bond donors (Lipinski definition) is 0. The molecule has 2 aromatic rings. The van der Waals surface area contributed by atoms with Gasteiger partial charge in [0.25, 0.3) is 5.91 Å². The first-order valence-electron chi connectivity index (χ1n) is 8.90. The molecule has 0 unspecified atom stereocenters. The van der Waals surface area contributed by atoms with Gasteiger partial charge in [0.15, 0.2) is 0 Å². The highest BCUT2D eigenvalue weighted by Gasteiger charge is 2.35. The van der Waals surface area contributed by atoms with E-state index in [1.165, 1.54) is 4.90 Å². The third-order valence-electron chi connectivity index (χ3n) is 5.05. The van der Waals surface area contributed by atoms with Gasteiger partial charge < -0.3 is 9.80 Å². The van der Waals surface area contributed by atoms with Crippen molar-refractivity contribution in [2.75, 3.05) is 26.2 Å². The zero-order chi connectivity index (χ0) is 19.6. The van der Waals surface area contributed by atoms with Crippen molar-refractivity contribution in [2.45, 2.75) is 19.3 Å². The third-order valence-corrected chi connectivity index (χ3v) is 5.05. The van der Waals surface area contributed by atoms with E-state index in [1.54, 1.807) is 4.90 Å². The second-order valence-electron chi connectivity index (χ2n) is 7.20. The van der Waals surface area contributed by atoms with Crippen LogP contribution in [0.3, 0.4) is 0 Å². The summed E-state index contributed by atoms with van der Waals surface area (Å²) in [7, 11) is 0. The molecular formula is C21H22F2N2O2. The average Bonchev–Trinajstić information content (AvgIpc) is 2.68. The van der Waals surface area contributed by atoms with Crippen molar-refractivity contribution in [1.29, 1.82) is 0 Å². The average molecular weight is 372 g/mol. The first-order chi connectivity index (χ1) is 12.8. The Labute approximate surface area is 157 Å². The van der Waals surface area contributed by atoms with Crippen LogP contribution < -0.4 is 0 Å². The number of hydrogen-bond acceptors (Lipinski definition) is 2. The second-order valence-corrected chi connectivity index (χ2v) is 7.20. The molecule has 0 aliphatic carbocycles. The lowest BCUT2D eigenvalue weighted by Crippen LogP contribution is -2.54. The SMILES string of the molecule is CC(C)(C(=O)N1CCN(C(=O)c2ccc(F)cc2F)CC1)c1ccccc1. The van der Waals surface area contributed by atoms with Gasteiger partial charge in [0, 0.05) is 32.2 Å². The normalized spacial score (nSPS) is 15.0. The van der Waals surface area contributed by atoms with Crippen LogP contribution in [0, 0.1) is 11.6 Å². The fourth-order valence-corrected chi connectivity index (χ4v) is 3.32. The lowest BCUT2D eigenvalue weighted by molar-refractivity contribution is -0.137. The standard InChI is InChI=1S/C21H22F2N2O2/c1-21(2,15-6-4-3-5-7-15)20(27)25-12-10-24(11-13-25)19(26)17-9-8-16(22)14-18(17)23/h3-9,14H,10-13H2,1-2H3. The summed E-state index contributed by atoms with van der Waals surface area (Å²) in [4.78, 5) is 28.7. The predicted octanol–water partition coefficient (Wildman–Crippen LogP) is 3.23. The van der Waals surface area contributed by atoms with Crippen molar-refractivity contribution in [3.8, 4) is 0 Å². The maximum atomic E-state index is 13.9. The van der Waals surface area contributed by atoms with E-state index >= 15 is 0 Å². The van der Waals surface area contributed by atoms with E-state index in [0.717, 1.165) is 17.7 Å². The molecule has 142 valence electrons. The van der Waals surface area contributed by atoms with Gasteiger partial charge in [-0.25, -0.2) is 8.78 Å². The van der Waals surface area contributed by atoms with Crippen molar-refractivity contribution < 1.29 is 18.4 Å². The van der Waals surface area contributed by atoms with E-state index in [1.807, 2.05) is 44.2 Å². The van der Waals surface area contributed by atoms with Crippen molar-refractivity contribution in [1.82, 2.24) is 9.80 Å². The number of rotatable bonds is 3. The molecule has 2 amide bonds. The van der Waals surface area contributed by atoms with E-state index in [9.17, 15) is 18.4 Å². The van der Waals surface area contributed by atoms with Crippen LogP contribution in [0.1, 0.15) is 29.8 Å². The van der Waals surface area contributed by atoms with E-state index in [-0.39, 0.29) is 11.5 Å². The highest BCUT2D eigenvalue weighted by molar-refractivity contribution is 5.95. The van der Waals surface area contributed by atoms with Crippen molar-refractivity contribution in [3.63, 3.8) is 0 Å². The van der Waals surface area contributed by atoms with Crippen molar-refractivity contribution in [2.24, 2.45) is 0 Å². The minimum absolute atomic E-state index is 0.00578. The minimum Gasteiger partial charge on any atom is -0.338 e. The molecule has 0 N–H and O–H groups in total. The smallest absolute Gasteiger partial charge is 0.256 e. The molecule has 0 bridgehead atoms. The molecule has 1 aliphatic heterocycles. The zero-order valence-electron chi connectivity index (χ0n) is 15.4. The molecule has 1 saturated heterocycles. The summed E-state index contributed by atoms with van der Waals surface area (Å²) >= 11 is 0. The first kappa shape index (κ1) is 19.0. The van der Waals surface area contributed by atoms with Crippen LogP contribution >= 0.6 is 0 Å². The molecule has 0 aromatic heterocycles. The molecule has 4 nitrogen and oxygen atoms in total. The maximum Gasteiger partial charge on any atom is 0.256 e. The van der Waals surface area contributed by atoms with Crippen LogP contribution in [0.4, 0.5) is 8.78 Å². The second kappa shape index (κ2) is 7.47. The van der Waals surface area contributed by atoms with Gasteiger partial charge in [0.05, 0.1) is 11.0 Å². The van der Waals surface area contributed by atoms with Gasteiger partial charge in [-0.3, -0.25) is 9.59 Å². The van der Waals surface area contributed by atoms with E-state index < -0.39 is 23.0 Å². The van der Waals surface area contributed by atoms with Crippen molar-refractivity contribution in [3.05, 3.63) is 71.3 Å². The fourth-order valence-electron chi connectivity index (χ4n) is 3.32. The predicted molar refractivity (Wildman–Crippen MR) is 98.3 cm³/mol. The number of piperazine rings is 1. The van der Waals surface area contributed by atoms with Crippen LogP contribution in [0.25, 0.3) is 0 Å². The maximum absolute atomic E-state index is 13.9. The molecule has 1 fully saturated rings. The Kier molecular flexibility index (Phi) is 5.26. The monoisotopic (exact) mass is 372 g/mol. The van der Waals surface area contributed by atoms with Crippen LogP contribution in [0.15, 0.2) is 48.5 Å². The highest BCUT2D eigenvalue weighted by Crippen LogP contribution is 2.26. The first-order valence-corrected chi connectivity index (χ1v) is 8.90. The summed E-state index contributed by atoms with van der Waals surface area (Å²) in [6.45, 7) is 5.15. The quantitative estimate of drug-likeness (QED) is 0.830. The van der Waals surface area contributed by atoms with Crippen molar-refractivity contribution >= 4 is 11.8 Å². The summed E-state index contributed by atoms with van der Waals surface area (Å²) in [6, 6.07) is 12.5. The number of benzene rings is 2. The van der Waals surface area contributed by atoms with Gasteiger partial charge in [-0.1, -0.05) is 30.3 Å². The Balaban J connectivity index is 1.66. The van der Waals surface area contributed by atoms with Crippen LogP contribution in [0.5, 0.6) is 0 Å². The minimum atomic E-state index is -0.872. The Bertz CT molecular complexity index is 845. The number of carbonyl (C=O) groups is 2. The lowest BCUT2D eigenvalue weighted by atomic mass is 9.83. The Hall–Kier alpha value is -2.76. The summed E-state index contributed by atoms with van der Waals surface area (Å²) < 4.78 is 26.9. The van der Waals surface area contributed by atoms with Gasteiger partial charge in [0.2, 0.25) is 5.91 Å². The largest absolute Gasteiger partial charge is 0.338 e. The Morgan fingerprint density at radius 1 is 0.889 bits per heavy atom. The van der Waals surface area contributed by atoms with Crippen LogP contribution in [0.2, 0.25) is 0 Å². The molecule has 3 rings (SSSR count). The molecule has 0 saturated carbocycles. The number of carbonyl (C=O) groups excluding carboxylic acids is 2. The third kappa shape index (κ3) is 3.84. The van der Waals surface area contributed by atoms with Gasteiger partial charge in [0.1, 0.15) is 11.6 Å². The number of amides is 2. The molecule has 6 heteroatoms. The molecular weight excluding hydrogens is 350 g/mol. The summed E-state index contributed by atoms with van der Waals surface area (Å²) in [5, 5.41) is 0. The summed E-state index contributed by atoms with van der Waals surface area (Å²) in [6.07, 6.45) is 0. The lowest BCUT2D eigenvalue weighted by Gasteiger charge is -2.38. The molecule has 2 aromatic carbocycles. The van der Waals surface area contributed by atoms with Gasteiger partial charge in [-0.05, 0) is 31.5 Å². The topological polar surface area (TPSA) is 40.6 Å². The van der Waals surface area contributed by atoms with Crippen LogP contribution in [-0.2, 0) is 10.2 Å². The highest BCUT2D eigenvalue weighted by atomic mass is 19.1. The van der Waals surface area contributed by atoms with Gasteiger partial charge >= 0.3 is 0 Å². The molecule has 0 atom stereocenters. The van der Waals surface area contributed by atoms with E-state index in [0.29, 0.717) is 32.2 Å². The van der Waals surface area contributed by atoms with Gasteiger partial charge in [-0.2, -0.15) is 0 Å². The van der Waals surface area contributed by atoms with Gasteiger partial charge in [-0.15, -0.1) is 0 Å². The van der Waals surface area contributed by atoms with E-state index in [4.69, 9.17) is 0 Å². The molecule has 1 heterocycles. The molecule has 1 aliphatic rings. The summed E-state index contributed by atoms with van der Waals surface area (Å²) in [5.74, 6) is -2.08. The molecule has 0 radical (unpaired) electrons. The zero-order valence-corrected chi connectivity index (χ0v) is 15.4. The summed E-state index contributed by atoms with van der Waals surface area (Å²) in [5.41, 5.74) is 0.110. The van der Waals surface area contributed by atoms with E-state index in [2.05, 4.69) is 0 Å². The molecule has 0 spiro atoms. The Morgan fingerprint density at radius 2 is 1.48 bits per heavy atom. The molecule has 27 heavy (non-hydrogen) atoms. The number of nitrogens with zero attached hydrogens (tertiary/aromatic N) is 2. The number of halogens is 2. The Morgan fingerprint density at radius 3 is 2.07 bits per heavy atom. The fraction of sp³-hybridized carbons (Fsp3) is 0.333. The van der Waals surface area contributed by atoms with Crippen LogP contribution in [-0.4, -0.2) is 47.8 Å².